The molecule has 0 saturated heterocycles. The molecule has 0 N–H and O–H groups in total. The third-order valence-electron chi connectivity index (χ3n) is 4.91. The first-order valence-corrected chi connectivity index (χ1v) is 11.1. The van der Waals surface area contributed by atoms with Gasteiger partial charge in [0.1, 0.15) is 23.9 Å². The fourth-order valence-corrected chi connectivity index (χ4v) is 3.92. The standard InChI is InChI=1S/C24H21Cl3N2O2/c1-16-13-18(8-9-19(16)26)30-12-4-11-29-22-6-3-2-5-21(22)28-24(29)15-31-23-10-7-17(25)14-20(23)27/h2-3,5-10,13-14H,4,11-12,15H2,1H3. The molecule has 0 aliphatic rings. The molecule has 4 aromatic rings. The Labute approximate surface area is 196 Å². The highest BCUT2D eigenvalue weighted by atomic mass is 35.5. The molecule has 0 saturated carbocycles. The highest BCUT2D eigenvalue weighted by molar-refractivity contribution is 6.35. The van der Waals surface area contributed by atoms with Crippen molar-refractivity contribution in [2.45, 2.75) is 26.5 Å². The molecule has 0 amide bonds. The van der Waals surface area contributed by atoms with Gasteiger partial charge in [-0.2, -0.15) is 0 Å². The Morgan fingerprint density at radius 2 is 1.74 bits per heavy atom. The molecule has 1 heterocycles. The van der Waals surface area contributed by atoms with E-state index in [4.69, 9.17) is 49.3 Å². The van der Waals surface area contributed by atoms with Gasteiger partial charge >= 0.3 is 0 Å². The monoisotopic (exact) mass is 474 g/mol. The van der Waals surface area contributed by atoms with Crippen LogP contribution in [-0.4, -0.2) is 16.2 Å². The van der Waals surface area contributed by atoms with E-state index in [1.165, 1.54) is 0 Å². The molecule has 31 heavy (non-hydrogen) atoms. The lowest BCUT2D eigenvalue weighted by molar-refractivity contribution is 0.280. The Morgan fingerprint density at radius 3 is 2.55 bits per heavy atom. The molecule has 160 valence electrons. The quantitative estimate of drug-likeness (QED) is 0.250. The van der Waals surface area contributed by atoms with Crippen LogP contribution in [0.3, 0.4) is 0 Å². The first-order chi connectivity index (χ1) is 15.0. The second kappa shape index (κ2) is 9.82. The van der Waals surface area contributed by atoms with Crippen molar-refractivity contribution < 1.29 is 9.47 Å². The number of fused-ring (bicyclic) bond motifs is 1. The Kier molecular flexibility index (Phi) is 6.91. The van der Waals surface area contributed by atoms with Crippen LogP contribution in [0.1, 0.15) is 17.8 Å². The summed E-state index contributed by atoms with van der Waals surface area (Å²) in [6.45, 7) is 3.59. The number of ether oxygens (including phenoxy) is 2. The van der Waals surface area contributed by atoms with Crippen molar-refractivity contribution in [3.8, 4) is 11.5 Å². The van der Waals surface area contributed by atoms with Gasteiger partial charge in [0.05, 0.1) is 22.7 Å². The lowest BCUT2D eigenvalue weighted by atomic mass is 10.2. The van der Waals surface area contributed by atoms with Crippen molar-refractivity contribution in [3.63, 3.8) is 0 Å². The number of para-hydroxylation sites is 2. The number of aromatic nitrogens is 2. The molecular weight excluding hydrogens is 455 g/mol. The van der Waals surface area contributed by atoms with Crippen molar-refractivity contribution in [1.82, 2.24) is 9.55 Å². The van der Waals surface area contributed by atoms with Crippen LogP contribution in [0.4, 0.5) is 0 Å². The zero-order valence-corrected chi connectivity index (χ0v) is 19.2. The molecule has 4 rings (SSSR count). The van der Waals surface area contributed by atoms with E-state index in [9.17, 15) is 0 Å². The normalized spacial score (nSPS) is 11.1. The van der Waals surface area contributed by atoms with Gasteiger partial charge in [-0.25, -0.2) is 4.98 Å². The van der Waals surface area contributed by atoms with Gasteiger partial charge in [-0.15, -0.1) is 0 Å². The number of hydrogen-bond acceptors (Lipinski definition) is 3. The predicted octanol–water partition coefficient (Wildman–Crippen LogP) is 7.35. The fraction of sp³-hybridized carbons (Fsp3) is 0.208. The zero-order valence-electron chi connectivity index (χ0n) is 16.9. The molecule has 3 aromatic carbocycles. The highest BCUT2D eigenvalue weighted by Crippen LogP contribution is 2.28. The van der Waals surface area contributed by atoms with Crippen LogP contribution in [0.25, 0.3) is 11.0 Å². The fourth-order valence-electron chi connectivity index (χ4n) is 3.34. The van der Waals surface area contributed by atoms with Crippen molar-refractivity contribution in [2.75, 3.05) is 6.61 Å². The summed E-state index contributed by atoms with van der Waals surface area (Å²) in [7, 11) is 0. The molecule has 0 bridgehead atoms. The van der Waals surface area contributed by atoms with Gasteiger partial charge < -0.3 is 14.0 Å². The topological polar surface area (TPSA) is 36.3 Å². The number of benzene rings is 3. The van der Waals surface area contributed by atoms with E-state index >= 15 is 0 Å². The average Bonchev–Trinajstić information content (AvgIpc) is 3.10. The van der Waals surface area contributed by atoms with Crippen LogP contribution >= 0.6 is 34.8 Å². The van der Waals surface area contributed by atoms with Gasteiger partial charge in [0.25, 0.3) is 0 Å². The molecule has 0 aliphatic heterocycles. The van der Waals surface area contributed by atoms with Gasteiger partial charge in [-0.1, -0.05) is 46.9 Å². The summed E-state index contributed by atoms with van der Waals surface area (Å²) in [4.78, 5) is 4.75. The van der Waals surface area contributed by atoms with Gasteiger partial charge in [0, 0.05) is 16.6 Å². The molecule has 4 nitrogen and oxygen atoms in total. The maximum atomic E-state index is 6.23. The van der Waals surface area contributed by atoms with E-state index in [0.717, 1.165) is 46.2 Å². The third-order valence-corrected chi connectivity index (χ3v) is 5.86. The Hall–Kier alpha value is -2.40. The summed E-state index contributed by atoms with van der Waals surface area (Å²) in [5.74, 6) is 2.22. The van der Waals surface area contributed by atoms with E-state index in [-0.39, 0.29) is 0 Å². The largest absolute Gasteiger partial charge is 0.494 e. The Balaban J connectivity index is 1.45. The van der Waals surface area contributed by atoms with Crippen molar-refractivity contribution in [2.24, 2.45) is 0 Å². The molecule has 1 aromatic heterocycles. The third kappa shape index (κ3) is 5.27. The van der Waals surface area contributed by atoms with Crippen LogP contribution in [-0.2, 0) is 13.2 Å². The molecule has 0 atom stereocenters. The first-order valence-electron chi connectivity index (χ1n) is 9.92. The molecule has 0 radical (unpaired) electrons. The lowest BCUT2D eigenvalue weighted by Gasteiger charge is -2.12. The van der Waals surface area contributed by atoms with Crippen LogP contribution < -0.4 is 9.47 Å². The first kappa shape index (κ1) is 21.8. The van der Waals surface area contributed by atoms with Crippen LogP contribution in [0, 0.1) is 6.92 Å². The maximum absolute atomic E-state index is 6.23. The van der Waals surface area contributed by atoms with Crippen molar-refractivity contribution in [1.29, 1.82) is 0 Å². The Morgan fingerprint density at radius 1 is 0.903 bits per heavy atom. The maximum Gasteiger partial charge on any atom is 0.148 e. The Bertz CT molecular complexity index is 1210. The summed E-state index contributed by atoms with van der Waals surface area (Å²) in [5.41, 5.74) is 2.99. The summed E-state index contributed by atoms with van der Waals surface area (Å²) in [6.07, 6.45) is 0.816. The number of hydrogen-bond donors (Lipinski definition) is 0. The zero-order chi connectivity index (χ0) is 21.8. The van der Waals surface area contributed by atoms with E-state index < -0.39 is 0 Å². The summed E-state index contributed by atoms with van der Waals surface area (Å²) in [6, 6.07) is 18.9. The molecular formula is C24H21Cl3N2O2. The number of imidazole rings is 1. The summed E-state index contributed by atoms with van der Waals surface area (Å²) in [5, 5.41) is 1.78. The van der Waals surface area contributed by atoms with Gasteiger partial charge in [-0.3, -0.25) is 0 Å². The average molecular weight is 476 g/mol. The van der Waals surface area contributed by atoms with Crippen LogP contribution in [0.15, 0.2) is 60.7 Å². The van der Waals surface area contributed by atoms with Crippen LogP contribution in [0.2, 0.25) is 15.1 Å². The minimum atomic E-state index is 0.299. The number of nitrogens with zero attached hydrogens (tertiary/aromatic N) is 2. The SMILES string of the molecule is Cc1cc(OCCCn2c(COc3ccc(Cl)cc3Cl)nc3ccccc32)ccc1Cl. The van der Waals surface area contributed by atoms with Gasteiger partial charge in [0.2, 0.25) is 0 Å². The highest BCUT2D eigenvalue weighted by Gasteiger charge is 2.12. The van der Waals surface area contributed by atoms with Crippen LogP contribution in [0.5, 0.6) is 11.5 Å². The van der Waals surface area contributed by atoms with E-state index in [2.05, 4.69) is 10.6 Å². The predicted molar refractivity (Wildman–Crippen MR) is 127 cm³/mol. The summed E-state index contributed by atoms with van der Waals surface area (Å²) < 4.78 is 14.0. The number of rotatable bonds is 8. The van der Waals surface area contributed by atoms with E-state index in [1.54, 1.807) is 18.2 Å². The molecule has 0 spiro atoms. The lowest BCUT2D eigenvalue weighted by Crippen LogP contribution is -2.10. The van der Waals surface area contributed by atoms with Crippen molar-refractivity contribution in [3.05, 3.63) is 87.1 Å². The molecule has 7 heteroatoms. The molecule has 0 aliphatic carbocycles. The second-order valence-electron chi connectivity index (χ2n) is 7.14. The minimum absolute atomic E-state index is 0.299. The van der Waals surface area contributed by atoms with Crippen molar-refractivity contribution >= 4 is 45.8 Å². The summed E-state index contributed by atoms with van der Waals surface area (Å²) >= 11 is 18.3. The second-order valence-corrected chi connectivity index (χ2v) is 8.40. The minimum Gasteiger partial charge on any atom is -0.494 e. The molecule has 0 unspecified atom stereocenters. The van der Waals surface area contributed by atoms with Gasteiger partial charge in [0.15, 0.2) is 0 Å². The number of aryl methyl sites for hydroxylation is 2. The van der Waals surface area contributed by atoms with E-state index in [1.807, 2.05) is 43.3 Å². The molecule has 0 fully saturated rings. The van der Waals surface area contributed by atoms with Gasteiger partial charge in [-0.05, 0) is 67.4 Å². The number of halogens is 3. The smallest absolute Gasteiger partial charge is 0.148 e. The van der Waals surface area contributed by atoms with E-state index in [0.29, 0.717) is 29.0 Å².